The van der Waals surface area contributed by atoms with E-state index in [4.69, 9.17) is 5.14 Å². The van der Waals surface area contributed by atoms with E-state index in [0.717, 1.165) is 4.31 Å². The number of hydrogen-bond acceptors (Lipinski definition) is 2. The van der Waals surface area contributed by atoms with Crippen LogP contribution in [0, 0.1) is 5.92 Å². The van der Waals surface area contributed by atoms with Gasteiger partial charge in [0.25, 0.3) is 10.2 Å². The Balaban J connectivity index is 2.49. The molecule has 0 radical (unpaired) electrons. The number of halogens is 2. The van der Waals surface area contributed by atoms with E-state index in [2.05, 4.69) is 0 Å². The molecule has 13 heavy (non-hydrogen) atoms. The zero-order valence-corrected chi connectivity index (χ0v) is 7.80. The molecule has 0 aromatic heterocycles. The van der Waals surface area contributed by atoms with Crippen LogP contribution in [0.5, 0.6) is 0 Å². The van der Waals surface area contributed by atoms with Crippen molar-refractivity contribution in [3.63, 3.8) is 0 Å². The summed E-state index contributed by atoms with van der Waals surface area (Å²) >= 11 is 0. The lowest BCUT2D eigenvalue weighted by Gasteiger charge is -2.29. The predicted octanol–water partition coefficient (Wildman–Crippen LogP) is 0.167. The minimum absolute atomic E-state index is 0.105. The first-order chi connectivity index (χ1) is 5.91. The molecular formula is C6H12F2N2O2S. The highest BCUT2D eigenvalue weighted by Crippen LogP contribution is 2.23. The molecule has 0 unspecified atom stereocenters. The highest BCUT2D eigenvalue weighted by molar-refractivity contribution is 7.86. The molecule has 7 heteroatoms. The first-order valence-electron chi connectivity index (χ1n) is 3.97. The van der Waals surface area contributed by atoms with Crippen LogP contribution in [-0.4, -0.2) is 32.2 Å². The lowest BCUT2D eigenvalue weighted by Crippen LogP contribution is -2.43. The Kier molecular flexibility index (Phi) is 3.20. The molecular weight excluding hydrogens is 202 g/mol. The van der Waals surface area contributed by atoms with Gasteiger partial charge in [0.2, 0.25) is 6.43 Å². The van der Waals surface area contributed by atoms with Crippen molar-refractivity contribution in [3.8, 4) is 0 Å². The van der Waals surface area contributed by atoms with Crippen molar-refractivity contribution < 1.29 is 17.2 Å². The van der Waals surface area contributed by atoms with Crippen molar-refractivity contribution in [2.45, 2.75) is 19.3 Å². The van der Waals surface area contributed by atoms with Crippen molar-refractivity contribution in [2.24, 2.45) is 11.1 Å². The van der Waals surface area contributed by atoms with Crippen molar-refractivity contribution >= 4 is 10.2 Å². The van der Waals surface area contributed by atoms with Crippen molar-refractivity contribution in [1.82, 2.24) is 4.31 Å². The Labute approximate surface area is 75.9 Å². The first kappa shape index (κ1) is 10.8. The average molecular weight is 214 g/mol. The molecule has 0 amide bonds. The summed E-state index contributed by atoms with van der Waals surface area (Å²) in [4.78, 5) is 0. The van der Waals surface area contributed by atoms with E-state index in [1.165, 1.54) is 0 Å². The lowest BCUT2D eigenvalue weighted by atomic mass is 9.99. The van der Waals surface area contributed by atoms with Crippen molar-refractivity contribution in [1.29, 1.82) is 0 Å². The lowest BCUT2D eigenvalue weighted by molar-refractivity contribution is 0.0491. The SMILES string of the molecule is NS(=O)(=O)N1CCC(C(F)F)CC1. The molecule has 78 valence electrons. The molecule has 1 aliphatic heterocycles. The van der Waals surface area contributed by atoms with Gasteiger partial charge in [-0.15, -0.1) is 0 Å². The second-order valence-electron chi connectivity index (χ2n) is 3.12. The van der Waals surface area contributed by atoms with E-state index in [-0.39, 0.29) is 25.9 Å². The summed E-state index contributed by atoms with van der Waals surface area (Å²) in [6.07, 6.45) is -1.98. The molecule has 0 aliphatic carbocycles. The molecule has 1 saturated heterocycles. The Morgan fingerprint density at radius 3 is 2.08 bits per heavy atom. The number of nitrogens with zero attached hydrogens (tertiary/aromatic N) is 1. The summed E-state index contributed by atoms with van der Waals surface area (Å²) in [5.41, 5.74) is 0. The number of nitrogens with two attached hydrogens (primary N) is 1. The van der Waals surface area contributed by atoms with E-state index in [9.17, 15) is 17.2 Å². The minimum Gasteiger partial charge on any atom is -0.216 e. The van der Waals surface area contributed by atoms with Gasteiger partial charge in [-0.3, -0.25) is 0 Å². The molecule has 1 rings (SSSR count). The van der Waals surface area contributed by atoms with E-state index in [0.29, 0.717) is 0 Å². The van der Waals surface area contributed by atoms with Gasteiger partial charge in [0, 0.05) is 19.0 Å². The Hall–Kier alpha value is -0.270. The van der Waals surface area contributed by atoms with Crippen LogP contribution in [0.2, 0.25) is 0 Å². The largest absolute Gasteiger partial charge is 0.276 e. The molecule has 0 atom stereocenters. The highest BCUT2D eigenvalue weighted by Gasteiger charge is 2.29. The fraction of sp³-hybridized carbons (Fsp3) is 1.00. The molecule has 0 bridgehead atoms. The van der Waals surface area contributed by atoms with Crippen LogP contribution in [0.25, 0.3) is 0 Å². The van der Waals surface area contributed by atoms with Gasteiger partial charge in [0.15, 0.2) is 0 Å². The van der Waals surface area contributed by atoms with Gasteiger partial charge in [0.1, 0.15) is 0 Å². The topological polar surface area (TPSA) is 63.4 Å². The molecule has 1 fully saturated rings. The van der Waals surface area contributed by atoms with Gasteiger partial charge < -0.3 is 0 Å². The molecule has 1 aliphatic rings. The molecule has 0 spiro atoms. The summed E-state index contributed by atoms with van der Waals surface area (Å²) in [5.74, 6) is -0.682. The number of alkyl halides is 2. The van der Waals surface area contributed by atoms with Crippen LogP contribution in [0.4, 0.5) is 8.78 Å². The van der Waals surface area contributed by atoms with Crippen molar-refractivity contribution in [2.75, 3.05) is 13.1 Å². The van der Waals surface area contributed by atoms with Crippen LogP contribution in [0.3, 0.4) is 0 Å². The molecule has 0 saturated carbocycles. The highest BCUT2D eigenvalue weighted by atomic mass is 32.2. The summed E-state index contributed by atoms with van der Waals surface area (Å²) in [6.45, 7) is 0.210. The second-order valence-corrected chi connectivity index (χ2v) is 4.66. The maximum atomic E-state index is 12.1. The predicted molar refractivity (Wildman–Crippen MR) is 43.4 cm³/mol. The number of piperidine rings is 1. The van der Waals surface area contributed by atoms with Gasteiger partial charge >= 0.3 is 0 Å². The van der Waals surface area contributed by atoms with Crippen LogP contribution < -0.4 is 5.14 Å². The maximum absolute atomic E-state index is 12.1. The third-order valence-electron chi connectivity index (χ3n) is 2.21. The van der Waals surface area contributed by atoms with Gasteiger partial charge in [-0.25, -0.2) is 13.9 Å². The van der Waals surface area contributed by atoms with E-state index in [1.807, 2.05) is 0 Å². The van der Waals surface area contributed by atoms with Crippen molar-refractivity contribution in [3.05, 3.63) is 0 Å². The zero-order chi connectivity index (χ0) is 10.1. The van der Waals surface area contributed by atoms with Gasteiger partial charge in [-0.05, 0) is 12.8 Å². The number of rotatable bonds is 2. The second kappa shape index (κ2) is 3.85. The molecule has 0 aromatic rings. The van der Waals surface area contributed by atoms with Crippen LogP contribution in [0.15, 0.2) is 0 Å². The Morgan fingerprint density at radius 2 is 1.77 bits per heavy atom. The van der Waals surface area contributed by atoms with E-state index in [1.54, 1.807) is 0 Å². The maximum Gasteiger partial charge on any atom is 0.276 e. The van der Waals surface area contributed by atoms with Crippen LogP contribution >= 0.6 is 0 Å². The van der Waals surface area contributed by atoms with Gasteiger partial charge in [0.05, 0.1) is 0 Å². The molecule has 0 aromatic carbocycles. The first-order valence-corrected chi connectivity index (χ1v) is 5.47. The molecule has 1 heterocycles. The molecule has 4 nitrogen and oxygen atoms in total. The monoisotopic (exact) mass is 214 g/mol. The Bertz CT molecular complexity index is 260. The van der Waals surface area contributed by atoms with E-state index >= 15 is 0 Å². The normalized spacial score (nSPS) is 22.5. The quantitative estimate of drug-likeness (QED) is 0.712. The number of hydrogen-bond donors (Lipinski definition) is 1. The third-order valence-corrected chi connectivity index (χ3v) is 3.30. The fourth-order valence-electron chi connectivity index (χ4n) is 1.38. The zero-order valence-electron chi connectivity index (χ0n) is 6.99. The smallest absolute Gasteiger partial charge is 0.216 e. The standard InChI is InChI=1S/C6H12F2N2O2S/c7-6(8)5-1-3-10(4-2-5)13(9,11)12/h5-6H,1-4H2,(H2,9,11,12). The fourth-order valence-corrected chi connectivity index (χ4v) is 2.10. The van der Waals surface area contributed by atoms with Gasteiger partial charge in [-0.2, -0.15) is 12.7 Å². The minimum atomic E-state index is -3.69. The summed E-state index contributed by atoms with van der Waals surface area (Å²) in [6, 6.07) is 0. The molecule has 2 N–H and O–H groups in total. The van der Waals surface area contributed by atoms with Crippen LogP contribution in [-0.2, 0) is 10.2 Å². The third kappa shape index (κ3) is 2.85. The summed E-state index contributed by atoms with van der Waals surface area (Å²) < 4.78 is 46.9. The average Bonchev–Trinajstić information content (AvgIpc) is 2.03. The Morgan fingerprint density at radius 1 is 1.31 bits per heavy atom. The summed E-state index contributed by atoms with van der Waals surface area (Å²) in [7, 11) is -3.69. The summed E-state index contributed by atoms with van der Waals surface area (Å²) in [5, 5.41) is 4.84. The van der Waals surface area contributed by atoms with Crippen LogP contribution in [0.1, 0.15) is 12.8 Å². The van der Waals surface area contributed by atoms with Gasteiger partial charge in [-0.1, -0.05) is 0 Å². The van der Waals surface area contributed by atoms with E-state index < -0.39 is 22.6 Å².